The van der Waals surface area contributed by atoms with Crippen LogP contribution >= 0.6 is 0 Å². The third-order valence-corrected chi connectivity index (χ3v) is 3.01. The van der Waals surface area contributed by atoms with E-state index in [1.54, 1.807) is 24.3 Å². The molecule has 2 rings (SSSR count). The number of halogens is 2. The van der Waals surface area contributed by atoms with E-state index in [1.165, 1.54) is 7.11 Å². The summed E-state index contributed by atoms with van der Waals surface area (Å²) in [5.41, 5.74) is 1.02. The lowest BCUT2D eigenvalue weighted by molar-refractivity contribution is 0.0600. The van der Waals surface area contributed by atoms with Crippen LogP contribution in [0.25, 0.3) is 0 Å². The quantitative estimate of drug-likeness (QED) is 0.851. The van der Waals surface area contributed by atoms with Crippen LogP contribution in [0.2, 0.25) is 0 Å². The summed E-state index contributed by atoms with van der Waals surface area (Å²) in [7, 11) is 1.29. The van der Waals surface area contributed by atoms with Crippen molar-refractivity contribution in [3.63, 3.8) is 0 Å². The minimum absolute atomic E-state index is 0.120. The Hall–Kier alpha value is -2.96. The first-order chi connectivity index (χ1) is 11.0. The fourth-order valence-electron chi connectivity index (χ4n) is 1.82. The number of rotatable bonds is 4. The van der Waals surface area contributed by atoms with Gasteiger partial charge in [0.2, 0.25) is 0 Å². The van der Waals surface area contributed by atoms with Gasteiger partial charge in [-0.05, 0) is 29.8 Å². The number of hydrogen-bond acceptors (Lipinski definition) is 3. The minimum atomic E-state index is -0.859. The van der Waals surface area contributed by atoms with E-state index in [0.29, 0.717) is 11.6 Å². The van der Waals surface area contributed by atoms with Crippen LogP contribution in [-0.2, 0) is 11.3 Å². The number of ether oxygens (including phenoxy) is 1. The highest BCUT2D eigenvalue weighted by Crippen LogP contribution is 2.14. The average molecular weight is 320 g/mol. The van der Waals surface area contributed by atoms with E-state index in [2.05, 4.69) is 15.4 Å². The molecule has 2 amide bonds. The number of benzene rings is 2. The van der Waals surface area contributed by atoms with Crippen molar-refractivity contribution >= 4 is 17.7 Å². The van der Waals surface area contributed by atoms with Crippen molar-refractivity contribution in [2.75, 3.05) is 12.4 Å². The summed E-state index contributed by atoms with van der Waals surface area (Å²) in [5.74, 6) is -2.03. The van der Waals surface area contributed by atoms with Gasteiger partial charge in [-0.1, -0.05) is 12.1 Å². The fraction of sp³-hybridized carbons (Fsp3) is 0.125. The van der Waals surface area contributed by atoms with Gasteiger partial charge in [0.15, 0.2) is 0 Å². The number of nitrogens with one attached hydrogen (secondary N) is 2. The van der Waals surface area contributed by atoms with E-state index in [9.17, 15) is 18.4 Å². The third-order valence-electron chi connectivity index (χ3n) is 3.01. The second-order valence-corrected chi connectivity index (χ2v) is 4.62. The molecule has 0 radical (unpaired) electrons. The maximum absolute atomic E-state index is 13.4. The Balaban J connectivity index is 1.90. The number of hydrogen-bond donors (Lipinski definition) is 2. The topological polar surface area (TPSA) is 67.4 Å². The van der Waals surface area contributed by atoms with Crippen LogP contribution in [0.3, 0.4) is 0 Å². The fourth-order valence-corrected chi connectivity index (χ4v) is 1.82. The van der Waals surface area contributed by atoms with Gasteiger partial charge in [0, 0.05) is 12.6 Å². The summed E-state index contributed by atoms with van der Waals surface area (Å²) < 4.78 is 30.7. The average Bonchev–Trinajstić information content (AvgIpc) is 2.55. The van der Waals surface area contributed by atoms with E-state index in [-0.39, 0.29) is 12.2 Å². The highest BCUT2D eigenvalue weighted by molar-refractivity contribution is 5.90. The third kappa shape index (κ3) is 4.50. The van der Waals surface area contributed by atoms with Crippen molar-refractivity contribution in [3.8, 4) is 0 Å². The van der Waals surface area contributed by atoms with E-state index >= 15 is 0 Å². The first-order valence-electron chi connectivity index (χ1n) is 6.67. The first kappa shape index (κ1) is 16.4. The Labute approximate surface area is 131 Å². The Morgan fingerprint density at radius 3 is 2.39 bits per heavy atom. The summed E-state index contributed by atoms with van der Waals surface area (Å²) >= 11 is 0. The summed E-state index contributed by atoms with van der Waals surface area (Å²) in [6.07, 6.45) is 0. The Kier molecular flexibility index (Phi) is 5.24. The molecule has 0 heterocycles. The van der Waals surface area contributed by atoms with Crippen LogP contribution in [0.4, 0.5) is 19.3 Å². The van der Waals surface area contributed by atoms with Crippen molar-refractivity contribution in [1.29, 1.82) is 0 Å². The SMILES string of the molecule is COC(=O)c1ccc(CNC(=O)Nc2ccc(F)cc2F)cc1. The summed E-state index contributed by atoms with van der Waals surface area (Å²) in [5, 5.41) is 4.81. The predicted molar refractivity (Wildman–Crippen MR) is 80.0 cm³/mol. The van der Waals surface area contributed by atoms with Crippen molar-refractivity contribution in [2.24, 2.45) is 0 Å². The van der Waals surface area contributed by atoms with Gasteiger partial charge in [-0.25, -0.2) is 18.4 Å². The van der Waals surface area contributed by atoms with Gasteiger partial charge in [0.1, 0.15) is 11.6 Å². The molecule has 2 aromatic carbocycles. The predicted octanol–water partition coefficient (Wildman–Crippen LogP) is 3.07. The van der Waals surface area contributed by atoms with E-state index in [1.807, 2.05) is 0 Å². The van der Waals surface area contributed by atoms with Crippen LogP contribution in [0.5, 0.6) is 0 Å². The second-order valence-electron chi connectivity index (χ2n) is 4.62. The number of esters is 1. The number of anilines is 1. The number of carbonyl (C=O) groups is 2. The zero-order valence-corrected chi connectivity index (χ0v) is 12.2. The van der Waals surface area contributed by atoms with Crippen molar-refractivity contribution in [2.45, 2.75) is 6.54 Å². The lowest BCUT2D eigenvalue weighted by Crippen LogP contribution is -2.28. The van der Waals surface area contributed by atoms with Gasteiger partial charge < -0.3 is 15.4 Å². The molecular formula is C16H14F2N2O3. The van der Waals surface area contributed by atoms with Crippen LogP contribution < -0.4 is 10.6 Å². The van der Waals surface area contributed by atoms with Gasteiger partial charge in [0.25, 0.3) is 0 Å². The molecule has 0 aliphatic carbocycles. The van der Waals surface area contributed by atoms with Gasteiger partial charge >= 0.3 is 12.0 Å². The molecule has 2 aromatic rings. The largest absolute Gasteiger partial charge is 0.465 e. The Bertz CT molecular complexity index is 718. The van der Waals surface area contributed by atoms with Crippen molar-refractivity contribution < 1.29 is 23.1 Å². The molecule has 0 aliphatic heterocycles. The summed E-state index contributed by atoms with van der Waals surface area (Å²) in [6, 6.07) is 8.69. The molecule has 0 saturated carbocycles. The van der Waals surface area contributed by atoms with E-state index in [4.69, 9.17) is 0 Å². The molecule has 0 bridgehead atoms. The van der Waals surface area contributed by atoms with Gasteiger partial charge in [-0.3, -0.25) is 0 Å². The molecule has 2 N–H and O–H groups in total. The first-order valence-corrected chi connectivity index (χ1v) is 6.67. The maximum Gasteiger partial charge on any atom is 0.337 e. The zero-order chi connectivity index (χ0) is 16.8. The van der Waals surface area contributed by atoms with Crippen LogP contribution in [0, 0.1) is 11.6 Å². The molecule has 5 nitrogen and oxygen atoms in total. The Morgan fingerprint density at radius 2 is 1.78 bits per heavy atom. The van der Waals surface area contributed by atoms with Crippen molar-refractivity contribution in [1.82, 2.24) is 5.32 Å². The highest BCUT2D eigenvalue weighted by Gasteiger charge is 2.08. The van der Waals surface area contributed by atoms with Gasteiger partial charge in [0.05, 0.1) is 18.4 Å². The molecule has 23 heavy (non-hydrogen) atoms. The molecule has 7 heteroatoms. The number of amides is 2. The number of methoxy groups -OCH3 is 1. The highest BCUT2D eigenvalue weighted by atomic mass is 19.1. The Morgan fingerprint density at radius 1 is 1.09 bits per heavy atom. The van der Waals surface area contributed by atoms with Crippen LogP contribution in [-0.4, -0.2) is 19.1 Å². The normalized spacial score (nSPS) is 10.0. The van der Waals surface area contributed by atoms with Gasteiger partial charge in [-0.2, -0.15) is 0 Å². The monoisotopic (exact) mass is 320 g/mol. The van der Waals surface area contributed by atoms with E-state index in [0.717, 1.165) is 17.7 Å². The molecule has 0 aromatic heterocycles. The standard InChI is InChI=1S/C16H14F2N2O3/c1-23-15(21)11-4-2-10(3-5-11)9-19-16(22)20-14-7-6-12(17)8-13(14)18/h2-8H,9H2,1H3,(H2,19,20,22). The lowest BCUT2D eigenvalue weighted by Gasteiger charge is -2.09. The van der Waals surface area contributed by atoms with E-state index < -0.39 is 23.6 Å². The number of urea groups is 1. The van der Waals surface area contributed by atoms with Crippen molar-refractivity contribution in [3.05, 3.63) is 65.2 Å². The number of carbonyl (C=O) groups excluding carboxylic acids is 2. The molecule has 0 saturated heterocycles. The molecule has 120 valence electrons. The molecule has 0 spiro atoms. The van der Waals surface area contributed by atoms with Gasteiger partial charge in [-0.15, -0.1) is 0 Å². The lowest BCUT2D eigenvalue weighted by atomic mass is 10.1. The zero-order valence-electron chi connectivity index (χ0n) is 12.2. The molecule has 0 atom stereocenters. The second kappa shape index (κ2) is 7.35. The molecular weight excluding hydrogens is 306 g/mol. The minimum Gasteiger partial charge on any atom is -0.465 e. The smallest absolute Gasteiger partial charge is 0.337 e. The maximum atomic E-state index is 13.4. The summed E-state index contributed by atoms with van der Waals surface area (Å²) in [6.45, 7) is 0.177. The van der Waals surface area contributed by atoms with Crippen LogP contribution in [0.15, 0.2) is 42.5 Å². The molecule has 0 fully saturated rings. The van der Waals surface area contributed by atoms with Crippen LogP contribution in [0.1, 0.15) is 15.9 Å². The molecule has 0 aliphatic rings. The summed E-state index contributed by atoms with van der Waals surface area (Å²) in [4.78, 5) is 23.0. The molecule has 0 unspecified atom stereocenters.